The van der Waals surface area contributed by atoms with Crippen LogP contribution in [0.15, 0.2) is 24.3 Å². The van der Waals surface area contributed by atoms with Crippen molar-refractivity contribution >= 4 is 0 Å². The molecular formula is C12H19NO. The van der Waals surface area contributed by atoms with Gasteiger partial charge in [0.25, 0.3) is 0 Å². The third-order valence-electron chi connectivity index (χ3n) is 2.31. The highest BCUT2D eigenvalue weighted by Gasteiger charge is 2.06. The first-order valence-corrected chi connectivity index (χ1v) is 4.99. The molecule has 0 aromatic heterocycles. The van der Waals surface area contributed by atoms with Gasteiger partial charge in [-0.3, -0.25) is 0 Å². The molecule has 0 amide bonds. The first kappa shape index (κ1) is 11.2. The van der Waals surface area contributed by atoms with Crippen LogP contribution < -0.4 is 0 Å². The fraction of sp³-hybridized carbons (Fsp3) is 0.500. The van der Waals surface area contributed by atoms with Gasteiger partial charge in [0.15, 0.2) is 0 Å². The van der Waals surface area contributed by atoms with Gasteiger partial charge in [0.2, 0.25) is 0 Å². The molecule has 1 aromatic carbocycles. The molecule has 1 aromatic rings. The summed E-state index contributed by atoms with van der Waals surface area (Å²) in [5.41, 5.74) is 2.24. The fourth-order valence-electron chi connectivity index (χ4n) is 1.34. The second kappa shape index (κ2) is 5.13. The van der Waals surface area contributed by atoms with Gasteiger partial charge < -0.3 is 10.0 Å². The van der Waals surface area contributed by atoms with Crippen LogP contribution in [0, 0.1) is 6.92 Å². The topological polar surface area (TPSA) is 23.5 Å². The molecule has 0 aliphatic rings. The number of aryl methyl sites for hydroxylation is 1. The molecule has 1 N–H and O–H groups in total. The highest BCUT2D eigenvalue weighted by molar-refractivity contribution is 5.22. The Morgan fingerprint density at radius 2 is 1.79 bits per heavy atom. The van der Waals surface area contributed by atoms with Crippen LogP contribution in [0.25, 0.3) is 0 Å². The minimum absolute atomic E-state index is 0.335. The SMILES string of the molecule is Cc1ccc([C@H](O)CCN(C)C)cc1. The minimum Gasteiger partial charge on any atom is -0.388 e. The van der Waals surface area contributed by atoms with Gasteiger partial charge in [-0.15, -0.1) is 0 Å². The van der Waals surface area contributed by atoms with Crippen molar-refractivity contribution in [1.29, 1.82) is 0 Å². The maximum Gasteiger partial charge on any atom is 0.0802 e. The zero-order chi connectivity index (χ0) is 10.6. The molecule has 0 fully saturated rings. The molecule has 14 heavy (non-hydrogen) atoms. The summed E-state index contributed by atoms with van der Waals surface area (Å²) in [6, 6.07) is 8.06. The maximum absolute atomic E-state index is 9.83. The van der Waals surface area contributed by atoms with Gasteiger partial charge in [-0.05, 0) is 33.0 Å². The van der Waals surface area contributed by atoms with Crippen molar-refractivity contribution in [3.63, 3.8) is 0 Å². The lowest BCUT2D eigenvalue weighted by molar-refractivity contribution is 0.154. The van der Waals surface area contributed by atoms with Gasteiger partial charge in [-0.1, -0.05) is 29.8 Å². The molecule has 0 spiro atoms. The van der Waals surface area contributed by atoms with E-state index in [0.29, 0.717) is 0 Å². The zero-order valence-electron chi connectivity index (χ0n) is 9.20. The molecule has 0 radical (unpaired) electrons. The van der Waals surface area contributed by atoms with Crippen LogP contribution in [0.1, 0.15) is 23.7 Å². The number of aliphatic hydroxyl groups excluding tert-OH is 1. The molecule has 78 valence electrons. The monoisotopic (exact) mass is 193 g/mol. The Morgan fingerprint density at radius 1 is 1.21 bits per heavy atom. The summed E-state index contributed by atoms with van der Waals surface area (Å²) in [5, 5.41) is 9.83. The van der Waals surface area contributed by atoms with Crippen LogP contribution in [-0.4, -0.2) is 30.6 Å². The van der Waals surface area contributed by atoms with E-state index in [9.17, 15) is 5.11 Å². The summed E-state index contributed by atoms with van der Waals surface area (Å²) in [6.07, 6.45) is 0.453. The number of benzene rings is 1. The number of nitrogens with zero attached hydrogens (tertiary/aromatic N) is 1. The van der Waals surface area contributed by atoms with Gasteiger partial charge in [0.1, 0.15) is 0 Å². The summed E-state index contributed by atoms with van der Waals surface area (Å²) < 4.78 is 0. The minimum atomic E-state index is -0.335. The van der Waals surface area contributed by atoms with Crippen molar-refractivity contribution in [1.82, 2.24) is 4.90 Å². The predicted octanol–water partition coefficient (Wildman–Crippen LogP) is 1.98. The smallest absolute Gasteiger partial charge is 0.0802 e. The zero-order valence-corrected chi connectivity index (χ0v) is 9.20. The number of hydrogen-bond acceptors (Lipinski definition) is 2. The third kappa shape index (κ3) is 3.48. The highest BCUT2D eigenvalue weighted by atomic mass is 16.3. The first-order valence-electron chi connectivity index (χ1n) is 4.99. The summed E-state index contributed by atoms with van der Waals surface area (Å²) in [7, 11) is 4.03. The van der Waals surface area contributed by atoms with Crippen molar-refractivity contribution in [2.24, 2.45) is 0 Å². The predicted molar refractivity (Wildman–Crippen MR) is 59.3 cm³/mol. The van der Waals surface area contributed by atoms with E-state index in [-0.39, 0.29) is 6.10 Å². The summed E-state index contributed by atoms with van der Waals surface area (Å²) in [6.45, 7) is 2.96. The molecule has 0 saturated carbocycles. The van der Waals surface area contributed by atoms with Gasteiger partial charge >= 0.3 is 0 Å². The number of rotatable bonds is 4. The molecule has 0 saturated heterocycles. The van der Waals surface area contributed by atoms with Gasteiger partial charge in [-0.25, -0.2) is 0 Å². The standard InChI is InChI=1S/C12H19NO/c1-10-4-6-11(7-5-10)12(14)8-9-13(2)3/h4-7,12,14H,8-9H2,1-3H3/t12-/m1/s1. The van der Waals surface area contributed by atoms with E-state index in [1.165, 1.54) is 5.56 Å². The van der Waals surface area contributed by atoms with E-state index in [0.717, 1.165) is 18.5 Å². The lowest BCUT2D eigenvalue weighted by Gasteiger charge is -2.14. The molecule has 0 heterocycles. The quantitative estimate of drug-likeness (QED) is 0.790. The number of hydrogen-bond donors (Lipinski definition) is 1. The Kier molecular flexibility index (Phi) is 4.11. The molecule has 2 heteroatoms. The average molecular weight is 193 g/mol. The normalized spacial score (nSPS) is 13.2. The molecule has 1 rings (SSSR count). The Balaban J connectivity index is 2.52. The Morgan fingerprint density at radius 3 is 2.29 bits per heavy atom. The molecule has 0 aliphatic heterocycles. The largest absolute Gasteiger partial charge is 0.388 e. The lowest BCUT2D eigenvalue weighted by Crippen LogP contribution is -2.15. The van der Waals surface area contributed by atoms with Crippen LogP contribution in [0.4, 0.5) is 0 Å². The molecule has 2 nitrogen and oxygen atoms in total. The lowest BCUT2D eigenvalue weighted by atomic mass is 10.1. The van der Waals surface area contributed by atoms with E-state index >= 15 is 0 Å². The first-order chi connectivity index (χ1) is 6.59. The maximum atomic E-state index is 9.83. The molecule has 1 atom stereocenters. The Bertz CT molecular complexity index is 266. The van der Waals surface area contributed by atoms with E-state index in [1.54, 1.807) is 0 Å². The van der Waals surface area contributed by atoms with Crippen molar-refractivity contribution in [2.45, 2.75) is 19.4 Å². The van der Waals surface area contributed by atoms with Crippen molar-refractivity contribution in [2.75, 3.05) is 20.6 Å². The van der Waals surface area contributed by atoms with Crippen LogP contribution in [0.3, 0.4) is 0 Å². The molecule has 0 bridgehead atoms. The summed E-state index contributed by atoms with van der Waals surface area (Å²) in [5.74, 6) is 0. The van der Waals surface area contributed by atoms with E-state index in [4.69, 9.17) is 0 Å². The molecule has 0 aliphatic carbocycles. The summed E-state index contributed by atoms with van der Waals surface area (Å²) >= 11 is 0. The van der Waals surface area contributed by atoms with Gasteiger partial charge in [0.05, 0.1) is 6.10 Å². The van der Waals surface area contributed by atoms with E-state index in [1.807, 2.05) is 38.4 Å². The van der Waals surface area contributed by atoms with Crippen LogP contribution in [-0.2, 0) is 0 Å². The van der Waals surface area contributed by atoms with Gasteiger partial charge in [-0.2, -0.15) is 0 Å². The van der Waals surface area contributed by atoms with E-state index < -0.39 is 0 Å². The van der Waals surface area contributed by atoms with Crippen LogP contribution in [0.5, 0.6) is 0 Å². The molecular weight excluding hydrogens is 174 g/mol. The van der Waals surface area contributed by atoms with E-state index in [2.05, 4.69) is 11.8 Å². The fourth-order valence-corrected chi connectivity index (χ4v) is 1.34. The van der Waals surface area contributed by atoms with Crippen LogP contribution >= 0.6 is 0 Å². The van der Waals surface area contributed by atoms with Gasteiger partial charge in [0, 0.05) is 6.54 Å². The van der Waals surface area contributed by atoms with Crippen molar-refractivity contribution in [3.05, 3.63) is 35.4 Å². The van der Waals surface area contributed by atoms with Crippen molar-refractivity contribution < 1.29 is 5.11 Å². The van der Waals surface area contributed by atoms with Crippen molar-refractivity contribution in [3.8, 4) is 0 Å². The molecule has 0 unspecified atom stereocenters. The summed E-state index contributed by atoms with van der Waals surface area (Å²) in [4.78, 5) is 2.08. The Labute approximate surface area is 86.2 Å². The Hall–Kier alpha value is -0.860. The third-order valence-corrected chi connectivity index (χ3v) is 2.31. The second-order valence-corrected chi connectivity index (χ2v) is 4.02. The van der Waals surface area contributed by atoms with Crippen LogP contribution in [0.2, 0.25) is 0 Å². The number of aliphatic hydroxyl groups is 1. The average Bonchev–Trinajstić information content (AvgIpc) is 2.15. The highest BCUT2D eigenvalue weighted by Crippen LogP contribution is 2.16. The second-order valence-electron chi connectivity index (χ2n) is 4.02.